The van der Waals surface area contributed by atoms with Crippen LogP contribution in [0.5, 0.6) is 0 Å². The highest BCUT2D eigenvalue weighted by Gasteiger charge is 2.33. The second kappa shape index (κ2) is 7.66. The van der Waals surface area contributed by atoms with Crippen molar-refractivity contribution >= 4 is 17.7 Å². The molecule has 0 unspecified atom stereocenters. The van der Waals surface area contributed by atoms with Crippen LogP contribution in [0.4, 0.5) is 32.4 Å². The van der Waals surface area contributed by atoms with E-state index in [2.05, 4.69) is 10.1 Å². The van der Waals surface area contributed by atoms with Crippen molar-refractivity contribution in [2.45, 2.75) is 19.0 Å². The summed E-state index contributed by atoms with van der Waals surface area (Å²) in [6.07, 6.45) is -5.30. The quantitative estimate of drug-likeness (QED) is 0.835. The van der Waals surface area contributed by atoms with Gasteiger partial charge in [-0.05, 0) is 25.0 Å². The van der Waals surface area contributed by atoms with E-state index in [9.17, 15) is 31.5 Å². The van der Waals surface area contributed by atoms with E-state index >= 15 is 0 Å². The number of nitrogens with zero attached hydrogens (tertiary/aromatic N) is 1. The van der Waals surface area contributed by atoms with Gasteiger partial charge in [-0.1, -0.05) is 0 Å². The zero-order valence-electron chi connectivity index (χ0n) is 12.9. The van der Waals surface area contributed by atoms with Crippen LogP contribution in [-0.2, 0) is 9.53 Å². The molecule has 0 aromatic heterocycles. The minimum Gasteiger partial charge on any atom is -0.440 e. The molecular weight excluding hydrogens is 351 g/mol. The molecule has 1 aliphatic heterocycles. The molecule has 10 heteroatoms. The van der Waals surface area contributed by atoms with Gasteiger partial charge >= 0.3 is 12.3 Å². The molecule has 2 rings (SSSR count). The summed E-state index contributed by atoms with van der Waals surface area (Å²) in [6.45, 7) is -1.57. The fourth-order valence-corrected chi connectivity index (χ4v) is 2.43. The Morgan fingerprint density at radius 2 is 1.68 bits per heavy atom. The van der Waals surface area contributed by atoms with Gasteiger partial charge in [0, 0.05) is 30.8 Å². The minimum absolute atomic E-state index is 0.0329. The first kappa shape index (κ1) is 18.9. The number of likely N-dealkylation sites (tertiary alicyclic amines) is 1. The zero-order chi connectivity index (χ0) is 18.6. The number of alkyl halides is 3. The van der Waals surface area contributed by atoms with E-state index in [1.807, 2.05) is 0 Å². The van der Waals surface area contributed by atoms with Crippen molar-refractivity contribution in [3.63, 3.8) is 0 Å². The third kappa shape index (κ3) is 5.87. The highest BCUT2D eigenvalue weighted by atomic mass is 19.4. The molecule has 1 N–H and O–H groups in total. The maximum atomic E-state index is 13.1. The molecule has 1 fully saturated rings. The molecule has 1 aromatic carbocycles. The van der Waals surface area contributed by atoms with Gasteiger partial charge < -0.3 is 15.0 Å². The Morgan fingerprint density at radius 3 is 2.20 bits per heavy atom. The monoisotopic (exact) mass is 366 g/mol. The summed E-state index contributed by atoms with van der Waals surface area (Å²) in [5.74, 6) is -2.68. The summed E-state index contributed by atoms with van der Waals surface area (Å²) >= 11 is 0. The van der Waals surface area contributed by atoms with Crippen LogP contribution in [0.25, 0.3) is 0 Å². The first-order valence-electron chi connectivity index (χ1n) is 7.39. The molecule has 2 amide bonds. The van der Waals surface area contributed by atoms with Gasteiger partial charge in [-0.3, -0.25) is 4.79 Å². The number of carbonyl (C=O) groups excluding carboxylic acids is 2. The van der Waals surface area contributed by atoms with Gasteiger partial charge in [-0.15, -0.1) is 0 Å². The van der Waals surface area contributed by atoms with E-state index in [4.69, 9.17) is 0 Å². The number of amides is 2. The third-order valence-corrected chi connectivity index (χ3v) is 3.61. The molecule has 5 nitrogen and oxygen atoms in total. The van der Waals surface area contributed by atoms with Gasteiger partial charge in [0.15, 0.2) is 6.61 Å². The van der Waals surface area contributed by atoms with E-state index in [0.717, 1.165) is 17.0 Å². The number of ether oxygens (including phenoxy) is 1. The van der Waals surface area contributed by atoms with Crippen molar-refractivity contribution in [2.24, 2.45) is 5.92 Å². The lowest BCUT2D eigenvalue weighted by Crippen LogP contribution is -2.42. The Labute approximate surface area is 139 Å². The molecule has 0 aliphatic carbocycles. The number of nitrogens with one attached hydrogen (secondary N) is 1. The average Bonchev–Trinajstić information content (AvgIpc) is 2.51. The first-order chi connectivity index (χ1) is 11.6. The van der Waals surface area contributed by atoms with Gasteiger partial charge in [0.1, 0.15) is 11.6 Å². The van der Waals surface area contributed by atoms with E-state index in [0.29, 0.717) is 6.07 Å². The molecule has 0 atom stereocenters. The molecule has 0 spiro atoms. The van der Waals surface area contributed by atoms with Crippen LogP contribution in [0.1, 0.15) is 12.8 Å². The lowest BCUT2D eigenvalue weighted by Gasteiger charge is -2.30. The van der Waals surface area contributed by atoms with Crippen molar-refractivity contribution < 1.29 is 36.3 Å². The molecule has 25 heavy (non-hydrogen) atoms. The molecule has 0 radical (unpaired) electrons. The Balaban J connectivity index is 1.83. The summed E-state index contributed by atoms with van der Waals surface area (Å²) in [5, 5.41) is 2.38. The topological polar surface area (TPSA) is 58.6 Å². The van der Waals surface area contributed by atoms with Crippen molar-refractivity contribution in [2.75, 3.05) is 25.0 Å². The highest BCUT2D eigenvalue weighted by molar-refractivity contribution is 5.92. The van der Waals surface area contributed by atoms with Crippen LogP contribution in [0.15, 0.2) is 18.2 Å². The molecule has 138 valence electrons. The Morgan fingerprint density at radius 1 is 1.12 bits per heavy atom. The summed E-state index contributed by atoms with van der Waals surface area (Å²) in [4.78, 5) is 24.7. The molecule has 1 aliphatic rings. The van der Waals surface area contributed by atoms with Gasteiger partial charge in [0.25, 0.3) is 0 Å². The first-order valence-corrected chi connectivity index (χ1v) is 7.39. The predicted molar refractivity (Wildman–Crippen MR) is 76.7 cm³/mol. The van der Waals surface area contributed by atoms with Gasteiger partial charge in [0.2, 0.25) is 5.91 Å². The number of anilines is 1. The Kier molecular flexibility index (Phi) is 5.81. The minimum atomic E-state index is -4.60. The van der Waals surface area contributed by atoms with E-state index in [-0.39, 0.29) is 31.6 Å². The molecule has 0 saturated carbocycles. The van der Waals surface area contributed by atoms with Gasteiger partial charge in [-0.25, -0.2) is 13.6 Å². The number of halogens is 5. The summed E-state index contributed by atoms with van der Waals surface area (Å²) in [5.41, 5.74) is -0.0329. The Bertz CT molecular complexity index is 622. The van der Waals surface area contributed by atoms with E-state index < -0.39 is 42.3 Å². The van der Waals surface area contributed by atoms with E-state index in [1.165, 1.54) is 0 Å². The molecule has 0 bridgehead atoms. The SMILES string of the molecule is O=C(Nc1cc(F)cc(F)c1)C1CCN(C(=O)OCC(F)(F)F)CC1. The van der Waals surface area contributed by atoms with Gasteiger partial charge in [0.05, 0.1) is 0 Å². The van der Waals surface area contributed by atoms with Crippen molar-refractivity contribution in [1.29, 1.82) is 0 Å². The average molecular weight is 366 g/mol. The molecule has 1 heterocycles. The number of benzene rings is 1. The summed E-state index contributed by atoms with van der Waals surface area (Å²) in [6, 6.07) is 2.59. The van der Waals surface area contributed by atoms with E-state index in [1.54, 1.807) is 0 Å². The normalized spacial score (nSPS) is 15.8. The number of rotatable bonds is 3. The second-order valence-electron chi connectivity index (χ2n) is 5.58. The molecule has 1 saturated heterocycles. The van der Waals surface area contributed by atoms with Crippen LogP contribution in [0.2, 0.25) is 0 Å². The zero-order valence-corrected chi connectivity index (χ0v) is 12.9. The lowest BCUT2D eigenvalue weighted by molar-refractivity contribution is -0.162. The van der Waals surface area contributed by atoms with Crippen molar-refractivity contribution in [3.05, 3.63) is 29.8 Å². The maximum absolute atomic E-state index is 13.1. The fourth-order valence-electron chi connectivity index (χ4n) is 2.43. The number of carbonyl (C=O) groups is 2. The second-order valence-corrected chi connectivity index (χ2v) is 5.58. The van der Waals surface area contributed by atoms with Crippen molar-refractivity contribution in [3.8, 4) is 0 Å². The fraction of sp³-hybridized carbons (Fsp3) is 0.467. The molecular formula is C15H15F5N2O3. The van der Waals surface area contributed by atoms with Crippen LogP contribution in [0, 0.1) is 17.6 Å². The van der Waals surface area contributed by atoms with Crippen LogP contribution >= 0.6 is 0 Å². The predicted octanol–water partition coefficient (Wildman–Crippen LogP) is 3.31. The molecule has 1 aromatic rings. The maximum Gasteiger partial charge on any atom is 0.422 e. The van der Waals surface area contributed by atoms with Crippen LogP contribution in [0.3, 0.4) is 0 Å². The lowest BCUT2D eigenvalue weighted by atomic mass is 9.96. The number of hydrogen-bond donors (Lipinski definition) is 1. The Hall–Kier alpha value is -2.39. The highest BCUT2D eigenvalue weighted by Crippen LogP contribution is 2.22. The smallest absolute Gasteiger partial charge is 0.422 e. The van der Waals surface area contributed by atoms with Gasteiger partial charge in [-0.2, -0.15) is 13.2 Å². The third-order valence-electron chi connectivity index (χ3n) is 3.61. The van der Waals surface area contributed by atoms with Crippen molar-refractivity contribution in [1.82, 2.24) is 4.90 Å². The number of piperidine rings is 1. The van der Waals surface area contributed by atoms with Crippen LogP contribution in [-0.4, -0.2) is 42.8 Å². The van der Waals surface area contributed by atoms with Crippen LogP contribution < -0.4 is 5.32 Å². The largest absolute Gasteiger partial charge is 0.440 e. The standard InChI is InChI=1S/C15H15F5N2O3/c16-10-5-11(17)7-12(6-10)21-13(23)9-1-3-22(4-2-9)14(24)25-8-15(18,19)20/h5-7,9H,1-4,8H2,(H,21,23). The summed E-state index contributed by atoms with van der Waals surface area (Å²) < 4.78 is 66.4. The number of hydrogen-bond acceptors (Lipinski definition) is 3. The summed E-state index contributed by atoms with van der Waals surface area (Å²) in [7, 11) is 0.